The fourth-order valence-electron chi connectivity index (χ4n) is 1.48. The molecule has 1 rings (SSSR count). The van der Waals surface area contributed by atoms with E-state index in [4.69, 9.17) is 14.9 Å². The molecule has 1 atom stereocenters. The zero-order valence-corrected chi connectivity index (χ0v) is 12.6. The quantitative estimate of drug-likeness (QED) is 0.188. The van der Waals surface area contributed by atoms with Crippen molar-refractivity contribution in [2.45, 2.75) is 18.6 Å². The average Bonchev–Trinajstić information content (AvgIpc) is 2.45. The van der Waals surface area contributed by atoms with Crippen molar-refractivity contribution in [3.63, 3.8) is 0 Å². The van der Waals surface area contributed by atoms with Gasteiger partial charge in [0.2, 0.25) is 0 Å². The van der Waals surface area contributed by atoms with Crippen molar-refractivity contribution in [1.29, 1.82) is 0 Å². The number of hydrogen-bond donors (Lipinski definition) is 5. The molecule has 0 unspecified atom stereocenters. The number of nitrogens with one attached hydrogen (secondary N) is 1. The Balaban J connectivity index is 2.70. The summed E-state index contributed by atoms with van der Waals surface area (Å²) in [4.78, 5) is 11.8. The highest BCUT2D eigenvalue weighted by molar-refractivity contribution is 14.1. The molecule has 0 aliphatic heterocycles. The Hall–Kier alpha value is -1.10. The summed E-state index contributed by atoms with van der Waals surface area (Å²) in [5, 5.41) is 36.3. The van der Waals surface area contributed by atoms with E-state index >= 15 is 0 Å². The first-order chi connectivity index (χ1) is 9.51. The molecule has 0 heterocycles. The molecular formula is C12H16INO6. The summed E-state index contributed by atoms with van der Waals surface area (Å²) in [6.07, 6.45) is -0.734. The summed E-state index contributed by atoms with van der Waals surface area (Å²) in [5.41, 5.74) is 0.621. The van der Waals surface area contributed by atoms with Gasteiger partial charge in [0, 0.05) is 22.9 Å². The third-order valence-electron chi connectivity index (χ3n) is 2.59. The average molecular weight is 397 g/mol. The number of aromatic hydroxyl groups is 2. The van der Waals surface area contributed by atoms with E-state index in [-0.39, 0.29) is 17.9 Å². The maximum absolute atomic E-state index is 11.8. The predicted molar refractivity (Wildman–Crippen MR) is 78.5 cm³/mol. The minimum absolute atomic E-state index is 0.221. The first-order valence-corrected chi connectivity index (χ1v) is 6.89. The molecule has 20 heavy (non-hydrogen) atoms. The number of halogens is 1. The number of rotatable bonds is 7. The first-order valence-electron chi connectivity index (χ1n) is 5.81. The van der Waals surface area contributed by atoms with Crippen LogP contribution in [0.2, 0.25) is 0 Å². The summed E-state index contributed by atoms with van der Waals surface area (Å²) in [7, 11) is 0. The minimum atomic E-state index is -0.956. The van der Waals surface area contributed by atoms with Crippen LogP contribution in [0.3, 0.4) is 0 Å². The van der Waals surface area contributed by atoms with E-state index in [1.807, 2.05) is 0 Å². The smallest absolute Gasteiger partial charge is 0.324 e. The molecule has 0 aromatic heterocycles. The number of aliphatic hydroxyl groups excluding tert-OH is 2. The van der Waals surface area contributed by atoms with Gasteiger partial charge in [-0.1, -0.05) is 6.07 Å². The minimum Gasteiger partial charge on any atom is -0.504 e. The van der Waals surface area contributed by atoms with Gasteiger partial charge in [0.15, 0.2) is 11.5 Å². The zero-order chi connectivity index (χ0) is 15.1. The number of benzene rings is 1. The molecule has 0 radical (unpaired) electrons. The topological polar surface area (TPSA) is 119 Å². The third kappa shape index (κ3) is 4.78. The van der Waals surface area contributed by atoms with Crippen molar-refractivity contribution in [3.05, 3.63) is 23.8 Å². The Morgan fingerprint density at radius 3 is 2.40 bits per heavy atom. The Morgan fingerprint density at radius 1 is 1.25 bits per heavy atom. The molecule has 7 nitrogen and oxygen atoms in total. The van der Waals surface area contributed by atoms with Crippen LogP contribution < -0.4 is 3.53 Å². The molecule has 0 spiro atoms. The summed E-state index contributed by atoms with van der Waals surface area (Å²) in [6.45, 7) is -0.924. The molecule has 0 aliphatic rings. The second-order valence-corrected chi connectivity index (χ2v) is 4.74. The van der Waals surface area contributed by atoms with Crippen LogP contribution in [-0.2, 0) is 16.0 Å². The standard InChI is InChI=1S/C12H16INO6/c13-14-9(12(19)20-8(5-15)6-16)3-7-1-2-10(17)11(18)4-7/h1-2,4,8-9,14-18H,3,5-6H2/t9-/m0/s1. The molecule has 112 valence electrons. The van der Waals surface area contributed by atoms with E-state index in [1.165, 1.54) is 12.1 Å². The van der Waals surface area contributed by atoms with Gasteiger partial charge in [0.05, 0.1) is 13.2 Å². The highest BCUT2D eigenvalue weighted by atomic mass is 127. The van der Waals surface area contributed by atoms with E-state index in [0.29, 0.717) is 5.56 Å². The molecular weight excluding hydrogens is 381 g/mol. The Bertz CT molecular complexity index is 452. The van der Waals surface area contributed by atoms with Crippen molar-refractivity contribution >= 4 is 28.8 Å². The SMILES string of the molecule is O=C(OC(CO)CO)[C@H](Cc1ccc(O)c(O)c1)NI. The summed E-state index contributed by atoms with van der Waals surface area (Å²) < 4.78 is 7.64. The van der Waals surface area contributed by atoms with Crippen LogP contribution in [0.4, 0.5) is 0 Å². The maximum atomic E-state index is 11.8. The van der Waals surface area contributed by atoms with Crippen LogP contribution >= 0.6 is 22.9 Å². The molecule has 1 aromatic rings. The molecule has 8 heteroatoms. The summed E-state index contributed by atoms with van der Waals surface area (Å²) in [6, 6.07) is 3.53. The highest BCUT2D eigenvalue weighted by Crippen LogP contribution is 2.25. The molecule has 1 aromatic carbocycles. The van der Waals surface area contributed by atoms with Gasteiger partial charge in [-0.05, 0) is 24.1 Å². The number of carbonyl (C=O) groups excluding carboxylic acids is 1. The van der Waals surface area contributed by atoms with Crippen LogP contribution in [-0.4, -0.2) is 51.8 Å². The number of phenols is 2. The van der Waals surface area contributed by atoms with Crippen molar-refractivity contribution in [2.75, 3.05) is 13.2 Å². The monoisotopic (exact) mass is 397 g/mol. The normalized spacial score (nSPS) is 12.4. The number of hydrogen-bond acceptors (Lipinski definition) is 7. The number of esters is 1. The second-order valence-electron chi connectivity index (χ2n) is 4.11. The van der Waals surface area contributed by atoms with Gasteiger partial charge in [0.1, 0.15) is 12.1 Å². The van der Waals surface area contributed by atoms with Crippen LogP contribution in [0.5, 0.6) is 11.5 Å². The van der Waals surface area contributed by atoms with Crippen molar-refractivity contribution in [2.24, 2.45) is 0 Å². The molecule has 0 saturated heterocycles. The number of aliphatic hydroxyl groups is 2. The third-order valence-corrected chi connectivity index (χ3v) is 3.34. The van der Waals surface area contributed by atoms with Crippen molar-refractivity contribution in [3.8, 4) is 11.5 Å². The largest absolute Gasteiger partial charge is 0.504 e. The van der Waals surface area contributed by atoms with Crippen LogP contribution in [0.1, 0.15) is 5.56 Å². The number of phenolic OH excluding ortho intramolecular Hbond substituents is 2. The van der Waals surface area contributed by atoms with Gasteiger partial charge in [-0.3, -0.25) is 4.79 Å². The van der Waals surface area contributed by atoms with Crippen molar-refractivity contribution < 1.29 is 30.0 Å². The van der Waals surface area contributed by atoms with Gasteiger partial charge in [-0.25, -0.2) is 3.53 Å². The molecule has 0 fully saturated rings. The van der Waals surface area contributed by atoms with Gasteiger partial charge in [0.25, 0.3) is 0 Å². The van der Waals surface area contributed by atoms with Gasteiger partial charge < -0.3 is 25.2 Å². The zero-order valence-electron chi connectivity index (χ0n) is 10.5. The maximum Gasteiger partial charge on any atom is 0.324 e. The lowest BCUT2D eigenvalue weighted by Crippen LogP contribution is -2.38. The van der Waals surface area contributed by atoms with E-state index in [1.54, 1.807) is 28.9 Å². The van der Waals surface area contributed by atoms with E-state index in [9.17, 15) is 15.0 Å². The predicted octanol–water partition coefficient (Wildman–Crippen LogP) is -0.155. The lowest BCUT2D eigenvalue weighted by Gasteiger charge is -2.18. The Morgan fingerprint density at radius 2 is 1.90 bits per heavy atom. The van der Waals surface area contributed by atoms with Crippen LogP contribution in [0, 0.1) is 0 Å². The highest BCUT2D eigenvalue weighted by Gasteiger charge is 2.23. The fourth-order valence-corrected chi connectivity index (χ4v) is 1.95. The summed E-state index contributed by atoms with van der Waals surface area (Å²) in [5.74, 6) is -1.14. The second kappa shape index (κ2) is 8.25. The first kappa shape index (κ1) is 17.0. The number of carbonyl (C=O) groups is 1. The fraction of sp³-hybridized carbons (Fsp3) is 0.417. The van der Waals surface area contributed by atoms with Crippen molar-refractivity contribution in [1.82, 2.24) is 3.53 Å². The molecule has 0 aliphatic carbocycles. The lowest BCUT2D eigenvalue weighted by molar-refractivity contribution is -0.155. The molecule has 0 saturated carbocycles. The molecule has 0 amide bonds. The van der Waals surface area contributed by atoms with Crippen LogP contribution in [0.25, 0.3) is 0 Å². The van der Waals surface area contributed by atoms with Gasteiger partial charge >= 0.3 is 5.97 Å². The molecule has 5 N–H and O–H groups in total. The Labute approximate surface area is 129 Å². The molecule has 0 bridgehead atoms. The summed E-state index contributed by atoms with van der Waals surface area (Å²) >= 11 is 1.79. The van der Waals surface area contributed by atoms with Crippen LogP contribution in [0.15, 0.2) is 18.2 Å². The lowest BCUT2D eigenvalue weighted by atomic mass is 10.1. The Kier molecular flexibility index (Phi) is 6.99. The van der Waals surface area contributed by atoms with E-state index in [0.717, 1.165) is 0 Å². The van der Waals surface area contributed by atoms with E-state index in [2.05, 4.69) is 3.53 Å². The van der Waals surface area contributed by atoms with E-state index < -0.39 is 31.3 Å². The number of ether oxygens (including phenoxy) is 1. The van der Waals surface area contributed by atoms with Gasteiger partial charge in [-0.15, -0.1) is 0 Å². The van der Waals surface area contributed by atoms with Gasteiger partial charge in [-0.2, -0.15) is 0 Å².